The molecule has 0 saturated carbocycles. The molecule has 0 heterocycles. The van der Waals surface area contributed by atoms with Gasteiger partial charge in [0.15, 0.2) is 0 Å². The summed E-state index contributed by atoms with van der Waals surface area (Å²) in [5.41, 5.74) is 4.82. The number of nitrogens with zero attached hydrogens (tertiary/aromatic N) is 1. The molecular formula is C13H10BrClN2. The number of nitrogens with one attached hydrogen (secondary N) is 1. The summed E-state index contributed by atoms with van der Waals surface area (Å²) >= 11 is 9.24. The first-order valence-corrected chi connectivity index (χ1v) is 6.21. The van der Waals surface area contributed by atoms with Gasteiger partial charge in [-0.1, -0.05) is 45.7 Å². The Hall–Kier alpha value is -1.32. The fraction of sp³-hybridized carbons (Fsp3) is 0. The van der Waals surface area contributed by atoms with E-state index in [0.717, 1.165) is 15.7 Å². The molecule has 0 bridgehead atoms. The van der Waals surface area contributed by atoms with Gasteiger partial charge in [0.1, 0.15) is 0 Å². The van der Waals surface area contributed by atoms with E-state index in [1.807, 2.05) is 48.5 Å². The lowest BCUT2D eigenvalue weighted by Gasteiger charge is -2.00. The highest BCUT2D eigenvalue weighted by molar-refractivity contribution is 9.10. The highest BCUT2D eigenvalue weighted by atomic mass is 79.9. The Bertz CT molecular complexity index is 523. The van der Waals surface area contributed by atoms with Crippen molar-refractivity contribution in [1.82, 2.24) is 0 Å². The Labute approximate surface area is 113 Å². The average molecular weight is 310 g/mol. The van der Waals surface area contributed by atoms with Crippen LogP contribution < -0.4 is 5.43 Å². The molecule has 2 aromatic carbocycles. The zero-order valence-electron chi connectivity index (χ0n) is 8.90. The van der Waals surface area contributed by atoms with Crippen molar-refractivity contribution < 1.29 is 0 Å². The molecule has 0 unspecified atom stereocenters. The number of anilines is 1. The summed E-state index contributed by atoms with van der Waals surface area (Å²) < 4.78 is 1.05. The molecule has 0 amide bonds. The van der Waals surface area contributed by atoms with Crippen LogP contribution in [-0.4, -0.2) is 6.21 Å². The fourth-order valence-corrected chi connectivity index (χ4v) is 1.74. The predicted octanol–water partition coefficient (Wildman–Crippen LogP) is 4.55. The fourth-order valence-electron chi connectivity index (χ4n) is 1.29. The van der Waals surface area contributed by atoms with Gasteiger partial charge in [-0.05, 0) is 35.9 Å². The van der Waals surface area contributed by atoms with Crippen LogP contribution in [0.5, 0.6) is 0 Å². The summed E-state index contributed by atoms with van der Waals surface area (Å²) in [5, 5.41) is 4.82. The second kappa shape index (κ2) is 5.84. The lowest BCUT2D eigenvalue weighted by Crippen LogP contribution is -1.90. The molecule has 0 spiro atoms. The van der Waals surface area contributed by atoms with Crippen LogP contribution in [0.4, 0.5) is 5.69 Å². The van der Waals surface area contributed by atoms with Crippen molar-refractivity contribution in [2.45, 2.75) is 0 Å². The van der Waals surface area contributed by atoms with Crippen molar-refractivity contribution >= 4 is 39.4 Å². The van der Waals surface area contributed by atoms with E-state index in [0.29, 0.717) is 5.02 Å². The van der Waals surface area contributed by atoms with Crippen LogP contribution >= 0.6 is 27.5 Å². The summed E-state index contributed by atoms with van der Waals surface area (Å²) in [5.74, 6) is 0. The molecular weight excluding hydrogens is 300 g/mol. The van der Waals surface area contributed by atoms with Gasteiger partial charge in [0.05, 0.1) is 11.9 Å². The quantitative estimate of drug-likeness (QED) is 0.653. The van der Waals surface area contributed by atoms with E-state index in [1.54, 1.807) is 6.21 Å². The highest BCUT2D eigenvalue weighted by Crippen LogP contribution is 2.14. The summed E-state index contributed by atoms with van der Waals surface area (Å²) in [6.45, 7) is 0. The van der Waals surface area contributed by atoms with Gasteiger partial charge in [0.25, 0.3) is 0 Å². The Balaban J connectivity index is 2.00. The normalized spacial score (nSPS) is 10.7. The first-order valence-electron chi connectivity index (χ1n) is 5.04. The summed E-state index contributed by atoms with van der Waals surface area (Å²) in [6.07, 6.45) is 1.76. The molecule has 0 radical (unpaired) electrons. The molecule has 2 nitrogen and oxygen atoms in total. The largest absolute Gasteiger partial charge is 0.278 e. The standard InChI is InChI=1S/C13H10BrClN2/c14-11-6-4-10(5-7-11)9-16-17-13-3-1-2-12(15)8-13/h1-9,17H/b16-9+. The number of benzene rings is 2. The molecule has 0 aliphatic rings. The average Bonchev–Trinajstić information content (AvgIpc) is 2.32. The Morgan fingerprint density at radius 3 is 2.59 bits per heavy atom. The molecule has 0 aromatic heterocycles. The molecule has 86 valence electrons. The molecule has 0 fully saturated rings. The van der Waals surface area contributed by atoms with Crippen LogP contribution in [0.2, 0.25) is 5.02 Å². The van der Waals surface area contributed by atoms with E-state index >= 15 is 0 Å². The lowest BCUT2D eigenvalue weighted by atomic mass is 10.2. The van der Waals surface area contributed by atoms with Crippen molar-refractivity contribution in [1.29, 1.82) is 0 Å². The zero-order valence-corrected chi connectivity index (χ0v) is 11.2. The van der Waals surface area contributed by atoms with Gasteiger partial charge in [-0.2, -0.15) is 5.10 Å². The molecule has 17 heavy (non-hydrogen) atoms. The van der Waals surface area contributed by atoms with Crippen molar-refractivity contribution in [3.05, 3.63) is 63.6 Å². The van der Waals surface area contributed by atoms with E-state index in [2.05, 4.69) is 26.5 Å². The van der Waals surface area contributed by atoms with E-state index < -0.39 is 0 Å². The van der Waals surface area contributed by atoms with Gasteiger partial charge in [-0.25, -0.2) is 0 Å². The zero-order chi connectivity index (χ0) is 12.1. The summed E-state index contributed by atoms with van der Waals surface area (Å²) in [7, 11) is 0. The van der Waals surface area contributed by atoms with E-state index in [4.69, 9.17) is 11.6 Å². The van der Waals surface area contributed by atoms with E-state index in [9.17, 15) is 0 Å². The van der Waals surface area contributed by atoms with Crippen LogP contribution in [0, 0.1) is 0 Å². The third-order valence-corrected chi connectivity index (χ3v) is 2.87. The molecule has 0 aliphatic heterocycles. The van der Waals surface area contributed by atoms with Crippen molar-refractivity contribution in [3.63, 3.8) is 0 Å². The van der Waals surface area contributed by atoms with E-state index in [1.165, 1.54) is 0 Å². The second-order valence-corrected chi connectivity index (χ2v) is 4.78. The first kappa shape index (κ1) is 12.1. The van der Waals surface area contributed by atoms with Crippen LogP contribution in [0.25, 0.3) is 0 Å². The van der Waals surface area contributed by atoms with Crippen molar-refractivity contribution in [2.75, 3.05) is 5.43 Å². The van der Waals surface area contributed by atoms with Crippen LogP contribution in [-0.2, 0) is 0 Å². The molecule has 2 rings (SSSR count). The Morgan fingerprint density at radius 1 is 1.12 bits per heavy atom. The van der Waals surface area contributed by atoms with Gasteiger partial charge in [0, 0.05) is 9.50 Å². The van der Waals surface area contributed by atoms with Gasteiger partial charge < -0.3 is 0 Å². The first-order chi connectivity index (χ1) is 8.24. The number of hydrazone groups is 1. The van der Waals surface area contributed by atoms with Crippen LogP contribution in [0.3, 0.4) is 0 Å². The second-order valence-electron chi connectivity index (χ2n) is 3.43. The summed E-state index contributed by atoms with van der Waals surface area (Å²) in [4.78, 5) is 0. The van der Waals surface area contributed by atoms with Gasteiger partial charge in [0.2, 0.25) is 0 Å². The molecule has 0 saturated heterocycles. The van der Waals surface area contributed by atoms with Gasteiger partial charge in [-0.15, -0.1) is 0 Å². The Morgan fingerprint density at radius 2 is 1.88 bits per heavy atom. The smallest absolute Gasteiger partial charge is 0.0576 e. The van der Waals surface area contributed by atoms with Crippen molar-refractivity contribution in [2.24, 2.45) is 5.10 Å². The maximum absolute atomic E-state index is 5.86. The van der Waals surface area contributed by atoms with Crippen LogP contribution in [0.1, 0.15) is 5.56 Å². The van der Waals surface area contributed by atoms with Gasteiger partial charge in [-0.3, -0.25) is 5.43 Å². The molecule has 0 atom stereocenters. The van der Waals surface area contributed by atoms with E-state index in [-0.39, 0.29) is 0 Å². The molecule has 2 aromatic rings. The molecule has 1 N–H and O–H groups in total. The molecule has 0 aliphatic carbocycles. The lowest BCUT2D eigenvalue weighted by molar-refractivity contribution is 1.35. The highest BCUT2D eigenvalue weighted by Gasteiger charge is 1.91. The minimum absolute atomic E-state index is 0.689. The van der Waals surface area contributed by atoms with Gasteiger partial charge >= 0.3 is 0 Å². The third-order valence-electron chi connectivity index (χ3n) is 2.10. The van der Waals surface area contributed by atoms with Crippen molar-refractivity contribution in [3.8, 4) is 0 Å². The maximum atomic E-state index is 5.86. The SMILES string of the molecule is Clc1cccc(N/N=C/c2ccc(Br)cc2)c1. The topological polar surface area (TPSA) is 24.4 Å². The predicted molar refractivity (Wildman–Crippen MR) is 76.8 cm³/mol. The monoisotopic (exact) mass is 308 g/mol. The minimum atomic E-state index is 0.689. The minimum Gasteiger partial charge on any atom is -0.278 e. The number of hydrogen-bond acceptors (Lipinski definition) is 2. The molecule has 4 heteroatoms. The maximum Gasteiger partial charge on any atom is 0.0576 e. The third kappa shape index (κ3) is 3.88. The Kier molecular flexibility index (Phi) is 4.18. The number of rotatable bonds is 3. The number of hydrogen-bond donors (Lipinski definition) is 1. The van der Waals surface area contributed by atoms with Crippen LogP contribution in [0.15, 0.2) is 58.1 Å². The summed E-state index contributed by atoms with van der Waals surface area (Å²) in [6, 6.07) is 15.3. The number of halogens is 2.